The zero-order valence-corrected chi connectivity index (χ0v) is 25.6. The van der Waals surface area contributed by atoms with E-state index in [4.69, 9.17) is 10.00 Å². The van der Waals surface area contributed by atoms with Crippen LogP contribution >= 0.6 is 0 Å². The molecule has 0 radical (unpaired) electrons. The number of hydrogen-bond donors (Lipinski definition) is 4. The van der Waals surface area contributed by atoms with Crippen LogP contribution in [0.25, 0.3) is 0 Å². The quantitative estimate of drug-likeness (QED) is 0.232. The second-order valence-electron chi connectivity index (χ2n) is 12.1. The summed E-state index contributed by atoms with van der Waals surface area (Å²) in [5, 5.41) is 38.2. The lowest BCUT2D eigenvalue weighted by Gasteiger charge is -2.39. The van der Waals surface area contributed by atoms with Crippen molar-refractivity contribution >= 4 is 0 Å². The Morgan fingerprint density at radius 2 is 1.44 bits per heavy atom. The minimum Gasteiger partial charge on any atom is -0.385 e. The number of aryl methyl sites for hydroxylation is 1. The maximum Gasteiger partial charge on any atom is 0.389 e. The number of nitriles is 1. The molecule has 0 aromatic heterocycles. The first-order valence-corrected chi connectivity index (χ1v) is 15.5. The first-order valence-electron chi connectivity index (χ1n) is 15.5. The Bertz CT molecular complexity index is 1160. The molecule has 2 heterocycles. The van der Waals surface area contributed by atoms with Gasteiger partial charge in [0.05, 0.1) is 22.8 Å². The van der Waals surface area contributed by atoms with Crippen LogP contribution in [0.3, 0.4) is 0 Å². The molecule has 0 saturated carbocycles. The molecule has 0 amide bonds. The van der Waals surface area contributed by atoms with Crippen molar-refractivity contribution in [2.45, 2.75) is 82.1 Å². The summed E-state index contributed by atoms with van der Waals surface area (Å²) >= 11 is 0. The molecule has 9 heteroatoms. The highest BCUT2D eigenvalue weighted by Gasteiger charge is 2.42. The number of ether oxygens (including phenoxy) is 1. The fourth-order valence-electron chi connectivity index (χ4n) is 6.43. The van der Waals surface area contributed by atoms with Crippen LogP contribution < -0.4 is 10.6 Å². The fourth-order valence-corrected chi connectivity index (χ4v) is 6.43. The minimum atomic E-state index is -4.25. The van der Waals surface area contributed by atoms with Crippen LogP contribution in [0.15, 0.2) is 48.5 Å². The summed E-state index contributed by atoms with van der Waals surface area (Å²) in [4.78, 5) is 0. The molecular formula is C34H48F3N3O3. The Labute approximate surface area is 254 Å². The van der Waals surface area contributed by atoms with E-state index in [1.165, 1.54) is 0 Å². The molecule has 2 aromatic carbocycles. The van der Waals surface area contributed by atoms with Gasteiger partial charge >= 0.3 is 6.18 Å². The van der Waals surface area contributed by atoms with Gasteiger partial charge in [0.2, 0.25) is 0 Å². The van der Waals surface area contributed by atoms with E-state index in [2.05, 4.69) is 16.7 Å². The average Bonchev–Trinajstić information content (AvgIpc) is 3.02. The van der Waals surface area contributed by atoms with Gasteiger partial charge in [0.1, 0.15) is 0 Å². The van der Waals surface area contributed by atoms with Crippen molar-refractivity contribution in [2.24, 2.45) is 11.8 Å². The van der Waals surface area contributed by atoms with Crippen LogP contribution in [0.1, 0.15) is 80.0 Å². The summed E-state index contributed by atoms with van der Waals surface area (Å²) in [5.74, 6) is 0.00753. The minimum absolute atomic E-state index is 0.185. The van der Waals surface area contributed by atoms with Crippen molar-refractivity contribution in [3.05, 3.63) is 70.8 Å². The van der Waals surface area contributed by atoms with Gasteiger partial charge in [-0.2, -0.15) is 18.4 Å². The van der Waals surface area contributed by atoms with E-state index in [9.17, 15) is 23.4 Å². The lowest BCUT2D eigenvalue weighted by molar-refractivity contribution is -0.154. The maximum absolute atomic E-state index is 12.6. The van der Waals surface area contributed by atoms with Gasteiger partial charge in [0.15, 0.2) is 0 Å². The second-order valence-corrected chi connectivity index (χ2v) is 12.1. The van der Waals surface area contributed by atoms with Crippen molar-refractivity contribution in [3.8, 4) is 6.07 Å². The number of hydrogen-bond acceptors (Lipinski definition) is 6. The van der Waals surface area contributed by atoms with Crippen LogP contribution in [0.4, 0.5) is 13.2 Å². The van der Waals surface area contributed by atoms with Gasteiger partial charge in [-0.05, 0) is 94.6 Å². The fraction of sp³-hybridized carbons (Fsp3) is 0.618. The van der Waals surface area contributed by atoms with Crippen molar-refractivity contribution in [2.75, 3.05) is 39.9 Å². The van der Waals surface area contributed by atoms with E-state index in [-0.39, 0.29) is 18.3 Å². The van der Waals surface area contributed by atoms with Crippen molar-refractivity contribution in [1.82, 2.24) is 10.6 Å². The molecule has 2 aliphatic rings. The number of aliphatic hydroxyl groups is 2. The zero-order chi connectivity index (χ0) is 31.3. The SMILES string of the molecule is COCCCC[C@@](O)(c1cccc(C#N)c1)[C@@H]1CCCNC1.Cc1cccc([C@](O)(CCC(F)(F)F)[C@@H]2CCCNC2)c1. The number of alkyl halides is 3. The average molecular weight is 604 g/mol. The molecule has 4 rings (SSSR count). The Kier molecular flexibility index (Phi) is 13.5. The summed E-state index contributed by atoms with van der Waals surface area (Å²) in [5.41, 5.74) is 0.736. The van der Waals surface area contributed by atoms with Gasteiger partial charge < -0.3 is 25.6 Å². The Morgan fingerprint density at radius 1 is 0.860 bits per heavy atom. The first-order chi connectivity index (χ1) is 20.5. The topological polar surface area (TPSA) is 97.5 Å². The van der Waals surface area contributed by atoms with E-state index >= 15 is 0 Å². The normalized spacial score (nSPS) is 21.9. The van der Waals surface area contributed by atoms with Crippen LogP contribution in [-0.4, -0.2) is 56.3 Å². The van der Waals surface area contributed by atoms with Gasteiger partial charge in [-0.15, -0.1) is 0 Å². The number of rotatable bonds is 11. The molecule has 43 heavy (non-hydrogen) atoms. The molecule has 0 aliphatic carbocycles. The summed E-state index contributed by atoms with van der Waals surface area (Å²) < 4.78 is 43.0. The number of halogens is 3. The Hall–Kier alpha value is -2.48. The molecule has 2 saturated heterocycles. The van der Waals surface area contributed by atoms with Gasteiger partial charge in [-0.1, -0.05) is 42.0 Å². The van der Waals surface area contributed by atoms with E-state index in [0.29, 0.717) is 24.1 Å². The largest absolute Gasteiger partial charge is 0.389 e. The number of benzene rings is 2. The van der Waals surface area contributed by atoms with Gasteiger partial charge in [-0.3, -0.25) is 0 Å². The summed E-state index contributed by atoms with van der Waals surface area (Å²) in [6.07, 6.45) is 0.792. The molecule has 2 aromatic rings. The highest BCUT2D eigenvalue weighted by Crippen LogP contribution is 2.41. The van der Waals surface area contributed by atoms with Crippen molar-refractivity contribution in [3.63, 3.8) is 0 Å². The van der Waals surface area contributed by atoms with E-state index in [1.54, 1.807) is 31.4 Å². The Morgan fingerprint density at radius 3 is 1.95 bits per heavy atom. The molecule has 0 bridgehead atoms. The smallest absolute Gasteiger partial charge is 0.385 e. The predicted molar refractivity (Wildman–Crippen MR) is 162 cm³/mol. The summed E-state index contributed by atoms with van der Waals surface area (Å²) in [6, 6.07) is 16.8. The number of nitrogens with one attached hydrogen (secondary N) is 2. The van der Waals surface area contributed by atoms with Crippen LogP contribution in [0, 0.1) is 30.1 Å². The molecule has 238 valence electrons. The zero-order valence-electron chi connectivity index (χ0n) is 25.6. The molecule has 4 N–H and O–H groups in total. The van der Waals surface area contributed by atoms with Crippen LogP contribution in [0.2, 0.25) is 0 Å². The molecule has 2 fully saturated rings. The predicted octanol–water partition coefficient (Wildman–Crippen LogP) is 6.09. The molecule has 0 spiro atoms. The van der Waals surface area contributed by atoms with Crippen LogP contribution in [-0.2, 0) is 15.9 Å². The Balaban J connectivity index is 0.000000236. The number of piperidine rings is 2. The second kappa shape index (κ2) is 16.6. The highest BCUT2D eigenvalue weighted by molar-refractivity contribution is 5.36. The molecule has 6 nitrogen and oxygen atoms in total. The monoisotopic (exact) mass is 603 g/mol. The third-order valence-corrected chi connectivity index (χ3v) is 8.90. The number of unbranched alkanes of at least 4 members (excludes halogenated alkanes) is 1. The van der Waals surface area contributed by atoms with Crippen molar-refractivity contribution in [1.29, 1.82) is 5.26 Å². The first kappa shape index (κ1) is 35.0. The summed E-state index contributed by atoms with van der Waals surface area (Å²) in [7, 11) is 1.70. The van der Waals surface area contributed by atoms with Gasteiger partial charge in [0.25, 0.3) is 0 Å². The van der Waals surface area contributed by atoms with E-state index in [1.807, 2.05) is 31.2 Å². The molecule has 2 aliphatic heterocycles. The standard InChI is InChI=1S/C18H26N2O2.C16H22F3NO/c1-22-11-3-2-9-18(21,17-8-5-10-20-14-17)16-7-4-6-15(12-16)13-19;1-12-4-2-5-13(10-12)15(21,7-8-16(17,18)19)14-6-3-9-20-11-14/h4,6-7,12,17,20-21H,2-3,5,8-11,14H2,1H3;2,4-5,10,14,20-21H,3,6-9,11H2,1H3/t17-,18-;14-,15-/m11/s1. The third-order valence-electron chi connectivity index (χ3n) is 8.90. The highest BCUT2D eigenvalue weighted by atomic mass is 19.4. The van der Waals surface area contributed by atoms with Gasteiger partial charge in [-0.25, -0.2) is 0 Å². The van der Waals surface area contributed by atoms with Crippen molar-refractivity contribution < 1.29 is 28.1 Å². The summed E-state index contributed by atoms with van der Waals surface area (Å²) in [6.45, 7) is 5.87. The maximum atomic E-state index is 12.6. The number of nitrogens with zero attached hydrogens (tertiary/aromatic N) is 1. The van der Waals surface area contributed by atoms with Crippen LogP contribution in [0.5, 0.6) is 0 Å². The van der Waals surface area contributed by atoms with E-state index < -0.39 is 23.8 Å². The molecule has 0 unspecified atom stereocenters. The lowest BCUT2D eigenvalue weighted by Crippen LogP contribution is -2.44. The molecule has 4 atom stereocenters. The molecular weight excluding hydrogens is 555 g/mol. The van der Waals surface area contributed by atoms with Gasteiger partial charge in [0, 0.05) is 45.1 Å². The third kappa shape index (κ3) is 10.3. The lowest BCUT2D eigenvalue weighted by atomic mass is 9.74. The number of methoxy groups -OCH3 is 1. The van der Waals surface area contributed by atoms with E-state index in [0.717, 1.165) is 75.9 Å².